The first kappa shape index (κ1) is 11.7. The van der Waals surface area contributed by atoms with Crippen molar-refractivity contribution < 1.29 is 9.59 Å². The van der Waals surface area contributed by atoms with Crippen LogP contribution >= 0.6 is 15.9 Å². The Bertz CT molecular complexity index is 235. The van der Waals surface area contributed by atoms with Gasteiger partial charge in [0, 0.05) is 24.7 Å². The van der Waals surface area contributed by atoms with Gasteiger partial charge < -0.3 is 0 Å². The van der Waals surface area contributed by atoms with Crippen molar-refractivity contribution in [3.8, 4) is 0 Å². The second-order valence-corrected chi connectivity index (χ2v) is 5.09. The third kappa shape index (κ3) is 2.80. The Balaban J connectivity index is 2.65. The van der Waals surface area contributed by atoms with E-state index >= 15 is 0 Å². The number of carbonyl (C=O) groups is 2. The first-order valence-corrected chi connectivity index (χ1v) is 5.97. The quantitative estimate of drug-likeness (QED) is 0.575. The third-order valence-electron chi connectivity index (χ3n) is 2.33. The van der Waals surface area contributed by atoms with Gasteiger partial charge in [-0.05, 0) is 11.8 Å². The highest BCUT2D eigenvalue weighted by Crippen LogP contribution is 2.23. The first-order chi connectivity index (χ1) is 6.46. The lowest BCUT2D eigenvalue weighted by Gasteiger charge is -2.32. The second kappa shape index (κ2) is 4.43. The van der Waals surface area contributed by atoms with Crippen molar-refractivity contribution >= 4 is 27.7 Å². The number of carbonyl (C=O) groups excluding carboxylic acids is 2. The molecule has 1 fully saturated rings. The van der Waals surface area contributed by atoms with E-state index in [-0.39, 0.29) is 17.2 Å². The standard InChI is InChI=1S/C10H16BrNO2/c1-10(2,6-11)7-12-8(13)4-3-5-9(12)14/h3-7H2,1-2H3. The van der Waals surface area contributed by atoms with Crippen LogP contribution in [0.3, 0.4) is 0 Å². The van der Waals surface area contributed by atoms with Crippen LogP contribution in [-0.2, 0) is 9.59 Å². The molecule has 1 rings (SSSR count). The van der Waals surface area contributed by atoms with E-state index in [1.807, 2.05) is 13.8 Å². The van der Waals surface area contributed by atoms with Crippen molar-refractivity contribution in [1.29, 1.82) is 0 Å². The molecule has 0 unspecified atom stereocenters. The van der Waals surface area contributed by atoms with Crippen LogP contribution in [0.5, 0.6) is 0 Å². The monoisotopic (exact) mass is 261 g/mol. The van der Waals surface area contributed by atoms with E-state index in [1.165, 1.54) is 4.90 Å². The lowest BCUT2D eigenvalue weighted by atomic mass is 9.94. The van der Waals surface area contributed by atoms with Crippen LogP contribution in [0.4, 0.5) is 0 Å². The minimum atomic E-state index is -0.0390. The fourth-order valence-electron chi connectivity index (χ4n) is 1.45. The molecular weight excluding hydrogens is 246 g/mol. The van der Waals surface area contributed by atoms with Gasteiger partial charge in [-0.15, -0.1) is 0 Å². The zero-order chi connectivity index (χ0) is 10.8. The van der Waals surface area contributed by atoms with Gasteiger partial charge in [-0.1, -0.05) is 29.8 Å². The van der Waals surface area contributed by atoms with Crippen LogP contribution in [0, 0.1) is 5.41 Å². The summed E-state index contributed by atoms with van der Waals surface area (Å²) in [5.41, 5.74) is -0.0390. The van der Waals surface area contributed by atoms with E-state index in [2.05, 4.69) is 15.9 Å². The molecule has 0 spiro atoms. The van der Waals surface area contributed by atoms with Gasteiger partial charge in [-0.3, -0.25) is 14.5 Å². The zero-order valence-electron chi connectivity index (χ0n) is 8.68. The molecule has 0 aromatic heterocycles. The molecule has 4 heteroatoms. The van der Waals surface area contributed by atoms with Crippen LogP contribution in [0.2, 0.25) is 0 Å². The topological polar surface area (TPSA) is 37.4 Å². The molecule has 0 N–H and O–H groups in total. The van der Waals surface area contributed by atoms with E-state index in [1.54, 1.807) is 0 Å². The van der Waals surface area contributed by atoms with Gasteiger partial charge in [0.05, 0.1) is 0 Å². The van der Waals surface area contributed by atoms with Gasteiger partial charge in [0.1, 0.15) is 0 Å². The van der Waals surface area contributed by atoms with E-state index in [9.17, 15) is 9.59 Å². The number of alkyl halides is 1. The minimum absolute atomic E-state index is 0.0183. The van der Waals surface area contributed by atoms with Crippen molar-refractivity contribution in [2.45, 2.75) is 33.1 Å². The molecular formula is C10H16BrNO2. The van der Waals surface area contributed by atoms with Gasteiger partial charge in [-0.25, -0.2) is 0 Å². The first-order valence-electron chi connectivity index (χ1n) is 4.85. The van der Waals surface area contributed by atoms with Crippen molar-refractivity contribution in [3.05, 3.63) is 0 Å². The summed E-state index contributed by atoms with van der Waals surface area (Å²) in [4.78, 5) is 24.4. The maximum Gasteiger partial charge on any atom is 0.229 e. The maximum atomic E-state index is 11.5. The summed E-state index contributed by atoms with van der Waals surface area (Å²) >= 11 is 3.39. The van der Waals surface area contributed by atoms with Gasteiger partial charge in [-0.2, -0.15) is 0 Å². The van der Waals surface area contributed by atoms with Crippen LogP contribution < -0.4 is 0 Å². The highest BCUT2D eigenvalue weighted by atomic mass is 79.9. The predicted molar refractivity (Wildman–Crippen MR) is 58.1 cm³/mol. The summed E-state index contributed by atoms with van der Waals surface area (Å²) in [5, 5.41) is 0.789. The number of halogens is 1. The van der Waals surface area contributed by atoms with Crippen molar-refractivity contribution in [3.63, 3.8) is 0 Å². The molecule has 0 radical (unpaired) electrons. The Morgan fingerprint density at radius 3 is 2.21 bits per heavy atom. The maximum absolute atomic E-state index is 11.5. The summed E-state index contributed by atoms with van der Waals surface area (Å²) in [6.07, 6.45) is 1.75. The Kier molecular flexibility index (Phi) is 3.70. The molecule has 1 aliphatic rings. The summed E-state index contributed by atoms with van der Waals surface area (Å²) in [6.45, 7) is 4.60. The Morgan fingerprint density at radius 1 is 1.29 bits per heavy atom. The molecule has 1 saturated heterocycles. The van der Waals surface area contributed by atoms with Crippen LogP contribution in [0.1, 0.15) is 33.1 Å². The van der Waals surface area contributed by atoms with Gasteiger partial charge in [0.2, 0.25) is 11.8 Å². The second-order valence-electron chi connectivity index (χ2n) is 4.53. The SMILES string of the molecule is CC(C)(CBr)CN1C(=O)CCCC1=O. The molecule has 0 saturated carbocycles. The summed E-state index contributed by atoms with van der Waals surface area (Å²) in [6, 6.07) is 0. The lowest BCUT2D eigenvalue weighted by molar-refractivity contribution is -0.149. The Morgan fingerprint density at radius 2 is 1.79 bits per heavy atom. The molecule has 0 aliphatic carbocycles. The van der Waals surface area contributed by atoms with Crippen LogP contribution in [0.15, 0.2) is 0 Å². The largest absolute Gasteiger partial charge is 0.282 e. The normalized spacial score (nSPS) is 18.9. The van der Waals surface area contributed by atoms with Gasteiger partial charge in [0.15, 0.2) is 0 Å². The summed E-state index contributed by atoms with van der Waals surface area (Å²) in [7, 11) is 0. The Labute approximate surface area is 93.0 Å². The highest BCUT2D eigenvalue weighted by molar-refractivity contribution is 9.09. The van der Waals surface area contributed by atoms with E-state index in [0.29, 0.717) is 25.8 Å². The van der Waals surface area contributed by atoms with Crippen LogP contribution in [-0.4, -0.2) is 28.6 Å². The molecule has 14 heavy (non-hydrogen) atoms. The number of rotatable bonds is 3. The van der Waals surface area contributed by atoms with Crippen molar-refractivity contribution in [2.75, 3.05) is 11.9 Å². The molecule has 2 amide bonds. The average Bonchev–Trinajstić information content (AvgIpc) is 2.12. The molecule has 1 heterocycles. The molecule has 0 bridgehead atoms. The Hall–Kier alpha value is -0.380. The third-order valence-corrected chi connectivity index (χ3v) is 3.85. The fraction of sp³-hybridized carbons (Fsp3) is 0.800. The van der Waals surface area contributed by atoms with Crippen molar-refractivity contribution in [1.82, 2.24) is 4.90 Å². The number of hydrogen-bond donors (Lipinski definition) is 0. The van der Waals surface area contributed by atoms with Crippen LogP contribution in [0.25, 0.3) is 0 Å². The van der Waals surface area contributed by atoms with Gasteiger partial charge >= 0.3 is 0 Å². The van der Waals surface area contributed by atoms with E-state index in [0.717, 1.165) is 5.33 Å². The molecule has 80 valence electrons. The zero-order valence-corrected chi connectivity index (χ0v) is 10.3. The van der Waals surface area contributed by atoms with E-state index < -0.39 is 0 Å². The smallest absolute Gasteiger partial charge is 0.229 e. The molecule has 1 aliphatic heterocycles. The number of nitrogens with zero attached hydrogens (tertiary/aromatic N) is 1. The number of hydrogen-bond acceptors (Lipinski definition) is 2. The van der Waals surface area contributed by atoms with Gasteiger partial charge in [0.25, 0.3) is 0 Å². The van der Waals surface area contributed by atoms with Crippen molar-refractivity contribution in [2.24, 2.45) is 5.41 Å². The molecule has 0 atom stereocenters. The number of likely N-dealkylation sites (tertiary alicyclic amines) is 1. The summed E-state index contributed by atoms with van der Waals surface area (Å²) < 4.78 is 0. The minimum Gasteiger partial charge on any atom is -0.282 e. The fourth-order valence-corrected chi connectivity index (χ4v) is 1.62. The molecule has 0 aromatic rings. The molecule has 0 aromatic carbocycles. The number of amides is 2. The predicted octanol–water partition coefficient (Wildman–Crippen LogP) is 1.95. The highest BCUT2D eigenvalue weighted by Gasteiger charge is 2.30. The molecule has 3 nitrogen and oxygen atoms in total. The summed E-state index contributed by atoms with van der Waals surface area (Å²) in [5.74, 6) is -0.0365. The number of imide groups is 1. The lowest BCUT2D eigenvalue weighted by Crippen LogP contribution is -2.45. The number of piperidine rings is 1. The average molecular weight is 262 g/mol. The van der Waals surface area contributed by atoms with E-state index in [4.69, 9.17) is 0 Å².